The SMILES string of the molecule is COc1ccc(OC)c(-c2csc(N)c2C(=O)OC2CCCCC2)c1. The van der Waals surface area contributed by atoms with Crippen LogP contribution in [-0.2, 0) is 4.74 Å². The fourth-order valence-electron chi connectivity index (χ4n) is 3.20. The molecule has 0 saturated heterocycles. The van der Waals surface area contributed by atoms with E-state index < -0.39 is 0 Å². The summed E-state index contributed by atoms with van der Waals surface area (Å²) in [5.41, 5.74) is 8.00. The van der Waals surface area contributed by atoms with Gasteiger partial charge in [-0.3, -0.25) is 0 Å². The number of benzene rings is 1. The molecule has 0 bridgehead atoms. The summed E-state index contributed by atoms with van der Waals surface area (Å²) in [7, 11) is 3.20. The molecule has 1 saturated carbocycles. The lowest BCUT2D eigenvalue weighted by molar-refractivity contribution is 0.0214. The molecule has 3 rings (SSSR count). The van der Waals surface area contributed by atoms with Gasteiger partial charge in [0.05, 0.1) is 14.2 Å². The lowest BCUT2D eigenvalue weighted by atomic mass is 9.97. The second-order valence-corrected chi connectivity index (χ2v) is 7.03. The highest BCUT2D eigenvalue weighted by atomic mass is 32.1. The third-order valence-corrected chi connectivity index (χ3v) is 5.36. The number of carbonyl (C=O) groups excluding carboxylic acids is 1. The molecule has 1 aromatic carbocycles. The van der Waals surface area contributed by atoms with Crippen molar-refractivity contribution in [3.05, 3.63) is 29.1 Å². The van der Waals surface area contributed by atoms with Crippen molar-refractivity contribution < 1.29 is 19.0 Å². The standard InChI is InChI=1S/C19H23NO4S/c1-22-13-8-9-16(23-2)14(10-13)15-11-25-18(20)17(15)19(21)24-12-6-4-3-5-7-12/h8-12H,3-7,20H2,1-2H3. The van der Waals surface area contributed by atoms with Crippen molar-refractivity contribution >= 4 is 22.3 Å². The van der Waals surface area contributed by atoms with Gasteiger partial charge in [0, 0.05) is 16.5 Å². The maximum atomic E-state index is 12.8. The van der Waals surface area contributed by atoms with Crippen LogP contribution < -0.4 is 15.2 Å². The first kappa shape index (κ1) is 17.6. The van der Waals surface area contributed by atoms with Gasteiger partial charge in [0.15, 0.2) is 0 Å². The lowest BCUT2D eigenvalue weighted by Gasteiger charge is -2.22. The van der Waals surface area contributed by atoms with Gasteiger partial charge < -0.3 is 19.9 Å². The van der Waals surface area contributed by atoms with Crippen LogP contribution in [0, 0.1) is 0 Å². The molecule has 1 fully saturated rings. The van der Waals surface area contributed by atoms with E-state index in [1.54, 1.807) is 14.2 Å². The van der Waals surface area contributed by atoms with Gasteiger partial charge in [-0.05, 0) is 43.9 Å². The van der Waals surface area contributed by atoms with E-state index in [1.807, 2.05) is 23.6 Å². The topological polar surface area (TPSA) is 70.8 Å². The van der Waals surface area contributed by atoms with Crippen LogP contribution in [0.5, 0.6) is 11.5 Å². The van der Waals surface area contributed by atoms with Gasteiger partial charge in [0.2, 0.25) is 0 Å². The molecular formula is C19H23NO4S. The van der Waals surface area contributed by atoms with E-state index >= 15 is 0 Å². The van der Waals surface area contributed by atoms with Crippen molar-refractivity contribution in [2.24, 2.45) is 0 Å². The van der Waals surface area contributed by atoms with Crippen LogP contribution in [-0.4, -0.2) is 26.3 Å². The van der Waals surface area contributed by atoms with E-state index in [2.05, 4.69) is 0 Å². The summed E-state index contributed by atoms with van der Waals surface area (Å²) in [6.45, 7) is 0. The predicted octanol–water partition coefficient (Wildman–Crippen LogP) is 4.50. The molecule has 0 unspecified atom stereocenters. The molecule has 2 N–H and O–H groups in total. The third kappa shape index (κ3) is 3.74. The molecule has 0 atom stereocenters. The third-order valence-electron chi connectivity index (χ3n) is 4.55. The first-order valence-corrected chi connectivity index (χ1v) is 9.32. The van der Waals surface area contributed by atoms with Crippen LogP contribution in [0.2, 0.25) is 0 Å². The molecule has 0 radical (unpaired) electrons. The summed E-state index contributed by atoms with van der Waals surface area (Å²) < 4.78 is 16.5. The van der Waals surface area contributed by atoms with Gasteiger partial charge in [0.1, 0.15) is 28.2 Å². The van der Waals surface area contributed by atoms with E-state index in [9.17, 15) is 4.79 Å². The van der Waals surface area contributed by atoms with Gasteiger partial charge in [-0.15, -0.1) is 11.3 Å². The van der Waals surface area contributed by atoms with E-state index in [0.29, 0.717) is 22.1 Å². The van der Waals surface area contributed by atoms with Crippen LogP contribution in [0.3, 0.4) is 0 Å². The summed E-state index contributed by atoms with van der Waals surface area (Å²) in [6, 6.07) is 5.48. The minimum Gasteiger partial charge on any atom is -0.497 e. The number of rotatable bonds is 5. The summed E-state index contributed by atoms with van der Waals surface area (Å²) in [6.07, 6.45) is 5.25. The van der Waals surface area contributed by atoms with Gasteiger partial charge in [-0.1, -0.05) is 6.42 Å². The normalized spacial score (nSPS) is 15.0. The fraction of sp³-hybridized carbons (Fsp3) is 0.421. The van der Waals surface area contributed by atoms with Crippen molar-refractivity contribution in [2.75, 3.05) is 20.0 Å². The van der Waals surface area contributed by atoms with Crippen molar-refractivity contribution in [3.8, 4) is 22.6 Å². The predicted molar refractivity (Wildman–Crippen MR) is 99.6 cm³/mol. The lowest BCUT2D eigenvalue weighted by Crippen LogP contribution is -2.21. The molecule has 5 nitrogen and oxygen atoms in total. The Morgan fingerprint density at radius 1 is 1.12 bits per heavy atom. The Balaban J connectivity index is 1.95. The monoisotopic (exact) mass is 361 g/mol. The molecule has 134 valence electrons. The average molecular weight is 361 g/mol. The number of esters is 1. The molecule has 0 spiro atoms. The average Bonchev–Trinajstić information content (AvgIpc) is 3.03. The zero-order valence-corrected chi connectivity index (χ0v) is 15.4. The summed E-state index contributed by atoms with van der Waals surface area (Å²) >= 11 is 1.33. The molecule has 1 heterocycles. The Morgan fingerprint density at radius 2 is 1.88 bits per heavy atom. The van der Waals surface area contributed by atoms with Crippen LogP contribution in [0.4, 0.5) is 5.00 Å². The van der Waals surface area contributed by atoms with Gasteiger partial charge in [-0.25, -0.2) is 4.79 Å². The van der Waals surface area contributed by atoms with Crippen LogP contribution in [0.1, 0.15) is 42.5 Å². The zero-order valence-electron chi connectivity index (χ0n) is 14.5. The maximum absolute atomic E-state index is 12.8. The molecule has 1 aromatic heterocycles. The molecule has 0 amide bonds. The van der Waals surface area contributed by atoms with Gasteiger partial charge in [-0.2, -0.15) is 0 Å². The summed E-state index contributed by atoms with van der Waals surface area (Å²) in [4.78, 5) is 12.8. The van der Waals surface area contributed by atoms with Crippen molar-refractivity contribution in [1.82, 2.24) is 0 Å². The van der Waals surface area contributed by atoms with Crippen molar-refractivity contribution in [2.45, 2.75) is 38.2 Å². The highest BCUT2D eigenvalue weighted by Gasteiger charge is 2.25. The second kappa shape index (κ2) is 7.78. The number of hydrogen-bond donors (Lipinski definition) is 1. The second-order valence-electron chi connectivity index (χ2n) is 6.12. The van der Waals surface area contributed by atoms with E-state index in [1.165, 1.54) is 17.8 Å². The minimum atomic E-state index is -0.356. The smallest absolute Gasteiger partial charge is 0.342 e. The Bertz CT molecular complexity index is 750. The van der Waals surface area contributed by atoms with Crippen LogP contribution >= 0.6 is 11.3 Å². The number of hydrogen-bond acceptors (Lipinski definition) is 6. The molecule has 6 heteroatoms. The molecular weight excluding hydrogens is 338 g/mol. The van der Waals surface area contributed by atoms with Crippen molar-refractivity contribution in [3.63, 3.8) is 0 Å². The molecule has 2 aromatic rings. The molecule has 1 aliphatic carbocycles. The number of thiophene rings is 1. The van der Waals surface area contributed by atoms with Gasteiger partial charge >= 0.3 is 5.97 Å². The Kier molecular flexibility index (Phi) is 5.48. The first-order chi connectivity index (χ1) is 12.1. The zero-order chi connectivity index (χ0) is 17.8. The molecule has 0 aliphatic heterocycles. The quantitative estimate of drug-likeness (QED) is 0.794. The van der Waals surface area contributed by atoms with Crippen LogP contribution in [0.15, 0.2) is 23.6 Å². The van der Waals surface area contributed by atoms with Gasteiger partial charge in [0.25, 0.3) is 0 Å². The number of anilines is 1. The fourth-order valence-corrected chi connectivity index (χ4v) is 4.00. The number of ether oxygens (including phenoxy) is 3. The minimum absolute atomic E-state index is 0.0133. The highest BCUT2D eigenvalue weighted by Crippen LogP contribution is 2.41. The number of nitrogens with two attached hydrogens (primary N) is 1. The Morgan fingerprint density at radius 3 is 2.56 bits per heavy atom. The van der Waals surface area contributed by atoms with E-state index in [0.717, 1.165) is 36.8 Å². The Labute approximate surface area is 151 Å². The largest absolute Gasteiger partial charge is 0.497 e. The molecule has 25 heavy (non-hydrogen) atoms. The number of methoxy groups -OCH3 is 2. The highest BCUT2D eigenvalue weighted by molar-refractivity contribution is 7.15. The summed E-state index contributed by atoms with van der Waals surface area (Å²) in [5.74, 6) is 0.989. The summed E-state index contributed by atoms with van der Waals surface area (Å²) in [5, 5.41) is 2.32. The maximum Gasteiger partial charge on any atom is 0.342 e. The Hall–Kier alpha value is -2.21. The van der Waals surface area contributed by atoms with E-state index in [4.69, 9.17) is 19.9 Å². The van der Waals surface area contributed by atoms with E-state index in [-0.39, 0.29) is 12.1 Å². The number of carbonyl (C=O) groups is 1. The number of nitrogen functional groups attached to an aromatic ring is 1. The molecule has 1 aliphatic rings. The van der Waals surface area contributed by atoms with Crippen molar-refractivity contribution in [1.29, 1.82) is 0 Å². The first-order valence-electron chi connectivity index (χ1n) is 8.44. The van der Waals surface area contributed by atoms with Crippen LogP contribution in [0.25, 0.3) is 11.1 Å².